The lowest BCUT2D eigenvalue weighted by Gasteiger charge is -2.37. The normalized spacial score (nSPS) is 24.7. The van der Waals surface area contributed by atoms with E-state index in [1.807, 2.05) is 30.3 Å². The van der Waals surface area contributed by atoms with Gasteiger partial charge in [-0.05, 0) is 17.9 Å². The van der Waals surface area contributed by atoms with Crippen LogP contribution in [0.25, 0.3) is 5.70 Å². The van der Waals surface area contributed by atoms with Crippen LogP contribution in [0.2, 0.25) is 0 Å². The van der Waals surface area contributed by atoms with E-state index in [-0.39, 0.29) is 6.10 Å². The van der Waals surface area contributed by atoms with Crippen LogP contribution in [0.4, 0.5) is 0 Å². The number of β-amino-alcohol motifs (C(OH)–C–C–N with tert-alkyl or cyclic N) is 1. The lowest BCUT2D eigenvalue weighted by atomic mass is 9.96. The predicted octanol–water partition coefficient (Wildman–Crippen LogP) is 2.25. The lowest BCUT2D eigenvalue weighted by molar-refractivity contribution is 0.0727. The summed E-state index contributed by atoms with van der Waals surface area (Å²) in [7, 11) is 0. The number of likely N-dealkylation sites (tertiary alicyclic amines) is 1. The summed E-state index contributed by atoms with van der Waals surface area (Å²) >= 11 is 0. The van der Waals surface area contributed by atoms with Crippen LogP contribution in [0.15, 0.2) is 36.4 Å². The molecule has 1 N–H and O–H groups in total. The zero-order valence-corrected chi connectivity index (χ0v) is 10.6. The van der Waals surface area contributed by atoms with E-state index >= 15 is 0 Å². The summed E-state index contributed by atoms with van der Waals surface area (Å²) in [4.78, 5) is 2.11. The first-order chi connectivity index (χ1) is 8.70. The van der Waals surface area contributed by atoms with Crippen molar-refractivity contribution in [2.24, 2.45) is 5.92 Å². The molecule has 1 heterocycles. The summed E-state index contributed by atoms with van der Waals surface area (Å²) in [6.45, 7) is 3.62. The van der Waals surface area contributed by atoms with Crippen molar-refractivity contribution in [3.05, 3.63) is 42.0 Å². The van der Waals surface area contributed by atoms with Crippen molar-refractivity contribution in [2.75, 3.05) is 13.1 Å². The van der Waals surface area contributed by atoms with Gasteiger partial charge in [-0.3, -0.25) is 0 Å². The highest BCUT2D eigenvalue weighted by molar-refractivity contribution is 5.66. The molecule has 1 aromatic rings. The number of hydrogen-bond donors (Lipinski definition) is 1. The number of benzene rings is 1. The fourth-order valence-corrected chi connectivity index (χ4v) is 2.54. The number of rotatable bonds is 2. The summed E-state index contributed by atoms with van der Waals surface area (Å²) in [5.74, 6) is 0.444. The van der Waals surface area contributed by atoms with Gasteiger partial charge in [0.1, 0.15) is 0 Å². The van der Waals surface area contributed by atoms with Crippen LogP contribution in [-0.2, 0) is 0 Å². The molecular formula is C15H18N2O. The second-order valence-corrected chi connectivity index (χ2v) is 4.92. The Hall–Kier alpha value is -1.79. The summed E-state index contributed by atoms with van der Waals surface area (Å²) in [6, 6.07) is 12.0. The maximum atomic E-state index is 9.86. The minimum Gasteiger partial charge on any atom is -0.391 e. The highest BCUT2D eigenvalue weighted by atomic mass is 16.3. The van der Waals surface area contributed by atoms with Crippen molar-refractivity contribution in [3.8, 4) is 6.07 Å². The predicted molar refractivity (Wildman–Crippen MR) is 71.4 cm³/mol. The van der Waals surface area contributed by atoms with Crippen molar-refractivity contribution in [1.29, 1.82) is 5.26 Å². The number of piperidine rings is 1. The Morgan fingerprint density at radius 3 is 2.72 bits per heavy atom. The van der Waals surface area contributed by atoms with E-state index in [0.29, 0.717) is 12.5 Å². The Morgan fingerprint density at radius 2 is 2.11 bits per heavy atom. The molecule has 18 heavy (non-hydrogen) atoms. The molecule has 0 spiro atoms. The molecule has 3 nitrogen and oxygen atoms in total. The number of aliphatic hydroxyl groups is 1. The molecule has 0 amide bonds. The highest BCUT2D eigenvalue weighted by Gasteiger charge is 2.24. The molecule has 1 aliphatic rings. The van der Waals surface area contributed by atoms with Gasteiger partial charge in [0.15, 0.2) is 0 Å². The summed E-state index contributed by atoms with van der Waals surface area (Å²) in [5, 5.41) is 18.8. The Balaban J connectivity index is 2.27. The second-order valence-electron chi connectivity index (χ2n) is 4.92. The fraction of sp³-hybridized carbons (Fsp3) is 0.400. The average molecular weight is 242 g/mol. The van der Waals surface area contributed by atoms with Gasteiger partial charge in [-0.1, -0.05) is 37.3 Å². The SMILES string of the molecule is C[C@@H]1C[C@@H](O)CN(/C(=C/C#N)c2ccccc2)C1. The number of hydrogen-bond acceptors (Lipinski definition) is 3. The molecule has 1 fully saturated rings. The van der Waals surface area contributed by atoms with Gasteiger partial charge < -0.3 is 10.0 Å². The molecule has 0 bridgehead atoms. The maximum Gasteiger partial charge on any atom is 0.0934 e. The molecule has 0 aromatic heterocycles. The zero-order chi connectivity index (χ0) is 13.0. The van der Waals surface area contributed by atoms with Gasteiger partial charge in [0.05, 0.1) is 17.9 Å². The number of allylic oxidation sites excluding steroid dienone is 1. The quantitative estimate of drug-likeness (QED) is 0.809. The highest BCUT2D eigenvalue weighted by Crippen LogP contribution is 2.25. The molecule has 0 unspecified atom stereocenters. The van der Waals surface area contributed by atoms with Crippen LogP contribution in [0.5, 0.6) is 0 Å². The average Bonchev–Trinajstić information content (AvgIpc) is 2.36. The van der Waals surface area contributed by atoms with Crippen LogP contribution in [0, 0.1) is 17.2 Å². The van der Waals surface area contributed by atoms with E-state index in [1.54, 1.807) is 6.08 Å². The molecule has 0 radical (unpaired) electrons. The van der Waals surface area contributed by atoms with E-state index in [4.69, 9.17) is 5.26 Å². The summed E-state index contributed by atoms with van der Waals surface area (Å²) < 4.78 is 0. The van der Waals surface area contributed by atoms with E-state index in [9.17, 15) is 5.11 Å². The molecule has 1 aromatic carbocycles. The number of nitrogens with zero attached hydrogens (tertiary/aromatic N) is 2. The van der Waals surface area contributed by atoms with Gasteiger partial charge in [-0.15, -0.1) is 0 Å². The van der Waals surface area contributed by atoms with Crippen LogP contribution in [-0.4, -0.2) is 29.2 Å². The van der Waals surface area contributed by atoms with Crippen molar-refractivity contribution < 1.29 is 5.11 Å². The molecule has 1 saturated heterocycles. The van der Waals surface area contributed by atoms with Crippen LogP contribution >= 0.6 is 0 Å². The standard InChI is InChI=1S/C15H18N2O/c1-12-9-14(18)11-17(10-12)15(7-8-16)13-5-3-2-4-6-13/h2-7,12,14,18H,9-11H2,1H3/b15-7+/t12-,14-/m1/s1. The van der Waals surface area contributed by atoms with Gasteiger partial charge >= 0.3 is 0 Å². The van der Waals surface area contributed by atoms with Gasteiger partial charge in [0, 0.05) is 19.2 Å². The Kier molecular flexibility index (Phi) is 4.01. The third-order valence-corrected chi connectivity index (χ3v) is 3.25. The lowest BCUT2D eigenvalue weighted by Crippen LogP contribution is -2.41. The summed E-state index contributed by atoms with van der Waals surface area (Å²) in [5.41, 5.74) is 1.93. The van der Waals surface area contributed by atoms with Gasteiger partial charge in [0.25, 0.3) is 0 Å². The Labute approximate surface area is 108 Å². The number of nitriles is 1. The molecule has 2 atom stereocenters. The zero-order valence-electron chi connectivity index (χ0n) is 10.6. The van der Waals surface area contributed by atoms with E-state index < -0.39 is 0 Å². The Morgan fingerprint density at radius 1 is 1.39 bits per heavy atom. The molecule has 0 aliphatic carbocycles. The van der Waals surface area contributed by atoms with Crippen molar-refractivity contribution >= 4 is 5.70 Å². The maximum absolute atomic E-state index is 9.86. The first-order valence-corrected chi connectivity index (χ1v) is 6.29. The molecular weight excluding hydrogens is 224 g/mol. The molecule has 94 valence electrons. The first kappa shape index (κ1) is 12.7. The minimum absolute atomic E-state index is 0.306. The van der Waals surface area contributed by atoms with E-state index in [0.717, 1.165) is 24.2 Å². The van der Waals surface area contributed by atoms with E-state index in [2.05, 4.69) is 17.9 Å². The molecule has 3 heteroatoms. The molecule has 0 saturated carbocycles. The minimum atomic E-state index is -0.306. The van der Waals surface area contributed by atoms with Crippen LogP contribution in [0.3, 0.4) is 0 Å². The van der Waals surface area contributed by atoms with Crippen LogP contribution in [0.1, 0.15) is 18.9 Å². The van der Waals surface area contributed by atoms with Crippen LogP contribution < -0.4 is 0 Å². The fourth-order valence-electron chi connectivity index (χ4n) is 2.54. The first-order valence-electron chi connectivity index (χ1n) is 6.29. The van der Waals surface area contributed by atoms with E-state index in [1.165, 1.54) is 0 Å². The smallest absolute Gasteiger partial charge is 0.0934 e. The largest absolute Gasteiger partial charge is 0.391 e. The van der Waals surface area contributed by atoms with Crippen molar-refractivity contribution in [1.82, 2.24) is 4.90 Å². The topological polar surface area (TPSA) is 47.3 Å². The van der Waals surface area contributed by atoms with Crippen molar-refractivity contribution in [3.63, 3.8) is 0 Å². The van der Waals surface area contributed by atoms with Gasteiger partial charge in [-0.2, -0.15) is 5.26 Å². The third-order valence-electron chi connectivity index (χ3n) is 3.25. The third kappa shape index (κ3) is 2.91. The summed E-state index contributed by atoms with van der Waals surface area (Å²) in [6.07, 6.45) is 2.10. The molecule has 1 aliphatic heterocycles. The van der Waals surface area contributed by atoms with Gasteiger partial charge in [0.2, 0.25) is 0 Å². The van der Waals surface area contributed by atoms with Gasteiger partial charge in [-0.25, -0.2) is 0 Å². The second kappa shape index (κ2) is 5.70. The molecule has 2 rings (SSSR count). The van der Waals surface area contributed by atoms with Crippen molar-refractivity contribution in [2.45, 2.75) is 19.4 Å². The monoisotopic (exact) mass is 242 g/mol. The Bertz CT molecular complexity index is 451. The number of aliphatic hydroxyl groups excluding tert-OH is 1.